The zero-order valence-corrected chi connectivity index (χ0v) is 16.9. The molecule has 3 aromatic rings. The molecule has 28 heavy (non-hydrogen) atoms. The van der Waals surface area contributed by atoms with Crippen molar-refractivity contribution in [3.8, 4) is 0 Å². The van der Waals surface area contributed by atoms with Crippen LogP contribution in [0.4, 0.5) is 11.5 Å². The van der Waals surface area contributed by atoms with Crippen molar-refractivity contribution in [1.29, 1.82) is 0 Å². The number of carbonyl (C=O) groups is 1. The molecule has 0 atom stereocenters. The molecule has 0 spiro atoms. The van der Waals surface area contributed by atoms with Gasteiger partial charge in [-0.3, -0.25) is 14.7 Å². The number of piperazine rings is 1. The van der Waals surface area contributed by atoms with Crippen molar-refractivity contribution in [2.75, 3.05) is 50.1 Å². The molecule has 1 aliphatic rings. The first kappa shape index (κ1) is 18.4. The van der Waals surface area contributed by atoms with Crippen LogP contribution in [0.2, 0.25) is 0 Å². The lowest BCUT2D eigenvalue weighted by molar-refractivity contribution is 0.0992. The van der Waals surface area contributed by atoms with Crippen molar-refractivity contribution in [3.63, 3.8) is 0 Å². The third kappa shape index (κ3) is 3.45. The molecule has 146 valence electrons. The van der Waals surface area contributed by atoms with Crippen molar-refractivity contribution in [3.05, 3.63) is 53.6 Å². The standard InChI is InChI=1S/C21H26N6O/c1-15-13-27-14-19(23-20(27)16(2)22-15)25(4)21(28)17-5-7-18(8-6-17)26-11-9-24(3)10-12-26/h5-8,13-14H,9-12H2,1-4H3. The highest BCUT2D eigenvalue weighted by atomic mass is 16.2. The fraction of sp³-hybridized carbons (Fsp3) is 0.381. The van der Waals surface area contributed by atoms with Gasteiger partial charge in [0.15, 0.2) is 11.5 Å². The van der Waals surface area contributed by atoms with Crippen molar-refractivity contribution in [2.24, 2.45) is 0 Å². The summed E-state index contributed by atoms with van der Waals surface area (Å²) < 4.78 is 1.92. The van der Waals surface area contributed by atoms with Crippen LogP contribution in [0.15, 0.2) is 36.7 Å². The van der Waals surface area contributed by atoms with Crippen molar-refractivity contribution in [1.82, 2.24) is 19.3 Å². The molecule has 0 unspecified atom stereocenters. The van der Waals surface area contributed by atoms with Crippen LogP contribution in [-0.4, -0.2) is 65.5 Å². The van der Waals surface area contributed by atoms with E-state index in [1.807, 2.05) is 54.9 Å². The van der Waals surface area contributed by atoms with Gasteiger partial charge in [-0.25, -0.2) is 4.98 Å². The van der Waals surface area contributed by atoms with Crippen LogP contribution in [-0.2, 0) is 0 Å². The van der Waals surface area contributed by atoms with E-state index in [-0.39, 0.29) is 5.91 Å². The van der Waals surface area contributed by atoms with Crippen LogP contribution < -0.4 is 9.80 Å². The summed E-state index contributed by atoms with van der Waals surface area (Å²) in [6.07, 6.45) is 3.79. The molecule has 1 saturated heterocycles. The number of nitrogens with zero attached hydrogens (tertiary/aromatic N) is 6. The highest BCUT2D eigenvalue weighted by molar-refractivity contribution is 6.05. The molecule has 2 aromatic heterocycles. The first-order valence-electron chi connectivity index (χ1n) is 9.57. The summed E-state index contributed by atoms with van der Waals surface area (Å²) in [4.78, 5) is 28.3. The number of amides is 1. The maximum absolute atomic E-state index is 12.9. The highest BCUT2D eigenvalue weighted by Gasteiger charge is 2.19. The summed E-state index contributed by atoms with van der Waals surface area (Å²) in [5.74, 6) is 0.541. The number of hydrogen-bond acceptors (Lipinski definition) is 5. The molecule has 0 aliphatic carbocycles. The van der Waals surface area contributed by atoms with Gasteiger partial charge in [0.25, 0.3) is 5.91 Å². The lowest BCUT2D eigenvalue weighted by atomic mass is 10.1. The van der Waals surface area contributed by atoms with Gasteiger partial charge in [0.1, 0.15) is 0 Å². The van der Waals surface area contributed by atoms with Gasteiger partial charge in [-0.15, -0.1) is 0 Å². The van der Waals surface area contributed by atoms with Crippen LogP contribution in [0, 0.1) is 13.8 Å². The predicted molar refractivity (Wildman–Crippen MR) is 111 cm³/mol. The van der Waals surface area contributed by atoms with Gasteiger partial charge in [-0.1, -0.05) is 0 Å². The normalized spacial score (nSPS) is 15.2. The second-order valence-electron chi connectivity index (χ2n) is 7.50. The first-order chi connectivity index (χ1) is 13.4. The van der Waals surface area contributed by atoms with Crippen LogP contribution in [0.5, 0.6) is 0 Å². The lowest BCUT2D eigenvalue weighted by Gasteiger charge is -2.34. The van der Waals surface area contributed by atoms with Crippen LogP contribution in [0.3, 0.4) is 0 Å². The maximum Gasteiger partial charge on any atom is 0.259 e. The highest BCUT2D eigenvalue weighted by Crippen LogP contribution is 2.21. The Morgan fingerprint density at radius 3 is 2.36 bits per heavy atom. The van der Waals surface area contributed by atoms with Gasteiger partial charge in [0, 0.05) is 50.7 Å². The molecule has 4 rings (SSSR count). The number of aryl methyl sites for hydroxylation is 2. The van der Waals surface area contributed by atoms with Crippen molar-refractivity contribution < 1.29 is 4.79 Å². The number of likely N-dealkylation sites (N-methyl/N-ethyl adjacent to an activating group) is 1. The van der Waals surface area contributed by atoms with E-state index >= 15 is 0 Å². The average Bonchev–Trinajstić information content (AvgIpc) is 3.12. The molecular formula is C21H26N6O. The lowest BCUT2D eigenvalue weighted by Crippen LogP contribution is -2.44. The van der Waals surface area contributed by atoms with E-state index in [1.165, 1.54) is 0 Å². The zero-order chi connectivity index (χ0) is 19.8. The molecule has 0 saturated carbocycles. The van der Waals surface area contributed by atoms with E-state index in [2.05, 4.69) is 26.8 Å². The van der Waals surface area contributed by atoms with E-state index in [0.29, 0.717) is 11.4 Å². The average molecular weight is 378 g/mol. The Labute approximate surface area is 165 Å². The van der Waals surface area contributed by atoms with Gasteiger partial charge in [0.05, 0.1) is 17.6 Å². The quantitative estimate of drug-likeness (QED) is 0.700. The maximum atomic E-state index is 12.9. The molecular weight excluding hydrogens is 352 g/mol. The van der Waals surface area contributed by atoms with Crippen LogP contribution in [0.1, 0.15) is 21.7 Å². The van der Waals surface area contributed by atoms with Gasteiger partial charge in [-0.2, -0.15) is 0 Å². The smallest absolute Gasteiger partial charge is 0.259 e. The summed E-state index contributed by atoms with van der Waals surface area (Å²) in [5, 5.41) is 0. The Bertz CT molecular complexity index is 1000. The van der Waals surface area contributed by atoms with Crippen LogP contribution >= 0.6 is 0 Å². The molecule has 7 nitrogen and oxygen atoms in total. The third-order valence-electron chi connectivity index (χ3n) is 5.34. The number of fused-ring (bicyclic) bond motifs is 1. The van der Waals surface area contributed by atoms with Gasteiger partial charge in [-0.05, 0) is 45.2 Å². The molecule has 0 N–H and O–H groups in total. The molecule has 7 heteroatoms. The van der Waals surface area contributed by atoms with Gasteiger partial charge in [0.2, 0.25) is 0 Å². The third-order valence-corrected chi connectivity index (χ3v) is 5.34. The van der Waals surface area contributed by atoms with E-state index in [9.17, 15) is 4.79 Å². The van der Waals surface area contributed by atoms with Crippen molar-refractivity contribution >= 4 is 23.1 Å². The molecule has 1 aliphatic heterocycles. The Balaban J connectivity index is 1.53. The summed E-state index contributed by atoms with van der Waals surface area (Å²) in [6, 6.07) is 7.87. The fourth-order valence-corrected chi connectivity index (χ4v) is 3.63. The van der Waals surface area contributed by atoms with Gasteiger partial charge < -0.3 is 14.2 Å². The molecule has 3 heterocycles. The summed E-state index contributed by atoms with van der Waals surface area (Å²) in [5.41, 5.74) is 4.36. The molecule has 0 bridgehead atoms. The Morgan fingerprint density at radius 1 is 1.00 bits per heavy atom. The van der Waals surface area contributed by atoms with E-state index in [4.69, 9.17) is 0 Å². The Morgan fingerprint density at radius 2 is 1.68 bits per heavy atom. The van der Waals surface area contributed by atoms with E-state index in [1.54, 1.807) is 11.9 Å². The second-order valence-corrected chi connectivity index (χ2v) is 7.50. The molecule has 1 aromatic carbocycles. The van der Waals surface area contributed by atoms with Gasteiger partial charge >= 0.3 is 0 Å². The Hall–Kier alpha value is -2.93. The minimum atomic E-state index is -0.0735. The molecule has 1 amide bonds. The predicted octanol–water partition coefficient (Wildman–Crippen LogP) is 2.37. The SMILES string of the molecule is Cc1cn2cc(N(C)C(=O)c3ccc(N4CCN(C)CC4)cc3)nc2c(C)n1. The minimum absolute atomic E-state index is 0.0735. The first-order valence-corrected chi connectivity index (χ1v) is 9.57. The number of anilines is 2. The summed E-state index contributed by atoms with van der Waals surface area (Å²) in [6.45, 7) is 8.02. The van der Waals surface area contributed by atoms with E-state index in [0.717, 1.165) is 48.9 Å². The molecule has 1 fully saturated rings. The number of hydrogen-bond donors (Lipinski definition) is 0. The monoisotopic (exact) mass is 378 g/mol. The minimum Gasteiger partial charge on any atom is -0.369 e. The number of aromatic nitrogens is 3. The topological polar surface area (TPSA) is 57.0 Å². The number of benzene rings is 1. The summed E-state index contributed by atoms with van der Waals surface area (Å²) in [7, 11) is 3.90. The zero-order valence-electron chi connectivity index (χ0n) is 16.9. The summed E-state index contributed by atoms with van der Waals surface area (Å²) >= 11 is 0. The Kier molecular flexibility index (Phi) is 4.77. The largest absolute Gasteiger partial charge is 0.369 e. The second kappa shape index (κ2) is 7.24. The van der Waals surface area contributed by atoms with Crippen molar-refractivity contribution in [2.45, 2.75) is 13.8 Å². The fourth-order valence-electron chi connectivity index (χ4n) is 3.63. The molecule has 0 radical (unpaired) electrons. The number of rotatable bonds is 3. The van der Waals surface area contributed by atoms with E-state index < -0.39 is 0 Å². The number of carbonyl (C=O) groups excluding carboxylic acids is 1. The number of imidazole rings is 1. The van der Waals surface area contributed by atoms with Crippen LogP contribution in [0.25, 0.3) is 5.65 Å².